The Hall–Kier alpha value is -3.38. The minimum Gasteiger partial charge on any atom is -0.341 e. The third-order valence-corrected chi connectivity index (χ3v) is 6.25. The van der Waals surface area contributed by atoms with Gasteiger partial charge in [0.1, 0.15) is 5.82 Å². The van der Waals surface area contributed by atoms with E-state index < -0.39 is 0 Å². The Morgan fingerprint density at radius 3 is 2.28 bits per heavy atom. The average Bonchev–Trinajstić information content (AvgIpc) is 3.22. The fourth-order valence-electron chi connectivity index (χ4n) is 3.49. The predicted octanol–water partition coefficient (Wildman–Crippen LogP) is 4.92. The third-order valence-electron chi connectivity index (χ3n) is 5.34. The van der Waals surface area contributed by atoms with Gasteiger partial charge in [-0.05, 0) is 35.7 Å². The number of carbonyl (C=O) groups excluding carboxylic acids is 1. The normalized spacial score (nSPS) is 10.8. The molecule has 1 aromatic heterocycles. The van der Waals surface area contributed by atoms with Crippen LogP contribution in [0.3, 0.4) is 0 Å². The molecule has 1 amide bonds. The van der Waals surface area contributed by atoms with E-state index in [1.165, 1.54) is 22.9 Å². The molecule has 5 nitrogen and oxygen atoms in total. The van der Waals surface area contributed by atoms with Gasteiger partial charge in [0.2, 0.25) is 5.91 Å². The van der Waals surface area contributed by atoms with Crippen LogP contribution in [0, 0.1) is 6.92 Å². The Bertz CT molecular complexity index is 1170. The predicted molar refractivity (Wildman–Crippen MR) is 129 cm³/mol. The van der Waals surface area contributed by atoms with Gasteiger partial charge in [0.05, 0.1) is 5.75 Å². The van der Waals surface area contributed by atoms with Gasteiger partial charge in [-0.3, -0.25) is 9.36 Å². The van der Waals surface area contributed by atoms with Gasteiger partial charge in [-0.2, -0.15) is 0 Å². The van der Waals surface area contributed by atoms with Gasteiger partial charge in [0.15, 0.2) is 5.16 Å². The lowest BCUT2D eigenvalue weighted by molar-refractivity contribution is -0.127. The van der Waals surface area contributed by atoms with Gasteiger partial charge < -0.3 is 4.90 Å². The number of benzene rings is 3. The molecular weight excluding hydrogens is 416 g/mol. The van der Waals surface area contributed by atoms with Crippen LogP contribution >= 0.6 is 11.8 Å². The Morgan fingerprint density at radius 2 is 1.56 bits per heavy atom. The lowest BCUT2D eigenvalue weighted by Gasteiger charge is -2.18. The van der Waals surface area contributed by atoms with Crippen molar-refractivity contribution < 1.29 is 4.79 Å². The summed E-state index contributed by atoms with van der Waals surface area (Å²) in [7, 11) is 1.85. The van der Waals surface area contributed by atoms with Crippen molar-refractivity contribution in [2.45, 2.75) is 25.0 Å². The molecule has 0 spiro atoms. The Balaban J connectivity index is 1.50. The van der Waals surface area contributed by atoms with Crippen molar-refractivity contribution in [1.82, 2.24) is 19.7 Å². The summed E-state index contributed by atoms with van der Waals surface area (Å²) in [4.78, 5) is 14.6. The highest BCUT2D eigenvalue weighted by Gasteiger charge is 2.18. The molecule has 3 aromatic carbocycles. The van der Waals surface area contributed by atoms with Gasteiger partial charge in [0.25, 0.3) is 0 Å². The van der Waals surface area contributed by atoms with Crippen molar-refractivity contribution in [1.29, 1.82) is 0 Å². The quantitative estimate of drug-likeness (QED) is 0.364. The van der Waals surface area contributed by atoms with E-state index in [1.54, 1.807) is 4.90 Å². The van der Waals surface area contributed by atoms with Crippen molar-refractivity contribution in [2.24, 2.45) is 0 Å². The smallest absolute Gasteiger partial charge is 0.233 e. The summed E-state index contributed by atoms with van der Waals surface area (Å²) in [6.07, 6.45) is 0.671. The first-order valence-electron chi connectivity index (χ1n) is 10.6. The number of aryl methyl sites for hydroxylation is 1. The second-order valence-electron chi connectivity index (χ2n) is 7.70. The molecule has 0 radical (unpaired) electrons. The number of hydrogen-bond acceptors (Lipinski definition) is 4. The van der Waals surface area contributed by atoms with Crippen LogP contribution in [0.15, 0.2) is 90.1 Å². The highest BCUT2D eigenvalue weighted by Crippen LogP contribution is 2.24. The second kappa shape index (κ2) is 10.3. The highest BCUT2D eigenvalue weighted by atomic mass is 32.2. The molecule has 0 aliphatic heterocycles. The van der Waals surface area contributed by atoms with Crippen LogP contribution in [0.2, 0.25) is 0 Å². The van der Waals surface area contributed by atoms with E-state index in [0.29, 0.717) is 18.7 Å². The van der Waals surface area contributed by atoms with Gasteiger partial charge >= 0.3 is 0 Å². The van der Waals surface area contributed by atoms with E-state index in [0.717, 1.165) is 22.2 Å². The number of rotatable bonds is 8. The molecule has 0 saturated heterocycles. The van der Waals surface area contributed by atoms with Gasteiger partial charge in [-0.15, -0.1) is 10.2 Å². The average molecular weight is 443 g/mol. The number of carbonyl (C=O) groups is 1. The minimum atomic E-state index is 0.0606. The molecule has 4 rings (SSSR count). The first-order valence-corrected chi connectivity index (χ1v) is 11.6. The number of para-hydroxylation sites is 1. The van der Waals surface area contributed by atoms with Crippen molar-refractivity contribution in [3.8, 4) is 5.69 Å². The van der Waals surface area contributed by atoms with Crippen LogP contribution in [0.1, 0.15) is 22.5 Å². The summed E-state index contributed by atoms with van der Waals surface area (Å²) in [5.41, 5.74) is 4.51. The van der Waals surface area contributed by atoms with Gasteiger partial charge in [-0.25, -0.2) is 0 Å². The molecule has 0 atom stereocenters. The zero-order valence-electron chi connectivity index (χ0n) is 18.3. The summed E-state index contributed by atoms with van der Waals surface area (Å²) in [6, 6.07) is 28.4. The fourth-order valence-corrected chi connectivity index (χ4v) is 4.40. The summed E-state index contributed by atoms with van der Waals surface area (Å²) >= 11 is 1.42. The number of nitrogens with zero attached hydrogens (tertiary/aromatic N) is 4. The molecule has 32 heavy (non-hydrogen) atoms. The summed E-state index contributed by atoms with van der Waals surface area (Å²) in [5, 5.41) is 9.60. The maximum absolute atomic E-state index is 12.8. The first-order chi connectivity index (χ1) is 15.6. The second-order valence-corrected chi connectivity index (χ2v) is 8.64. The van der Waals surface area contributed by atoms with Crippen molar-refractivity contribution in [3.05, 3.63) is 107 Å². The molecule has 0 fully saturated rings. The molecule has 6 heteroatoms. The lowest BCUT2D eigenvalue weighted by Crippen LogP contribution is -2.28. The summed E-state index contributed by atoms with van der Waals surface area (Å²) < 4.78 is 2.05. The summed E-state index contributed by atoms with van der Waals surface area (Å²) in [5.74, 6) is 1.22. The number of aromatic nitrogens is 3. The Morgan fingerprint density at radius 1 is 0.906 bits per heavy atom. The maximum Gasteiger partial charge on any atom is 0.233 e. The van der Waals surface area contributed by atoms with E-state index >= 15 is 0 Å². The van der Waals surface area contributed by atoms with E-state index in [2.05, 4.69) is 41.4 Å². The van der Waals surface area contributed by atoms with Crippen molar-refractivity contribution >= 4 is 17.7 Å². The standard InChI is InChI=1S/C26H26N4OS/c1-20-11-9-10-14-22(20)18-29(2)25(31)19-32-26-28-27-24(17-21-12-5-3-6-13-21)30(26)23-15-7-4-8-16-23/h3-16H,17-19H2,1-2H3. The number of thioether (sulfide) groups is 1. The lowest BCUT2D eigenvalue weighted by atomic mass is 10.1. The van der Waals surface area contributed by atoms with Gasteiger partial charge in [0, 0.05) is 25.7 Å². The van der Waals surface area contributed by atoms with Crippen molar-refractivity contribution in [3.63, 3.8) is 0 Å². The SMILES string of the molecule is Cc1ccccc1CN(C)C(=O)CSc1nnc(Cc2ccccc2)n1-c1ccccc1. The Kier molecular flexibility index (Phi) is 7.02. The van der Waals surface area contributed by atoms with Crippen LogP contribution in [0.5, 0.6) is 0 Å². The zero-order chi connectivity index (χ0) is 22.3. The molecule has 4 aromatic rings. The third kappa shape index (κ3) is 5.26. The molecule has 0 aliphatic rings. The Labute approximate surface area is 193 Å². The van der Waals surface area contributed by atoms with E-state index in [9.17, 15) is 4.79 Å². The molecule has 0 unspecified atom stereocenters. The topological polar surface area (TPSA) is 51.0 Å². The minimum absolute atomic E-state index is 0.0606. The number of amides is 1. The maximum atomic E-state index is 12.8. The van der Waals surface area contributed by atoms with E-state index in [4.69, 9.17) is 0 Å². The molecule has 0 saturated carbocycles. The molecule has 0 aliphatic carbocycles. The van der Waals surface area contributed by atoms with Gasteiger partial charge in [-0.1, -0.05) is 84.6 Å². The van der Waals surface area contributed by atoms with Crippen LogP contribution in [0.4, 0.5) is 0 Å². The highest BCUT2D eigenvalue weighted by molar-refractivity contribution is 7.99. The zero-order valence-corrected chi connectivity index (χ0v) is 19.1. The molecule has 0 bridgehead atoms. The fraction of sp³-hybridized carbons (Fsp3) is 0.192. The first kappa shape index (κ1) is 21.8. The molecule has 1 heterocycles. The van der Waals surface area contributed by atoms with Crippen LogP contribution in [-0.2, 0) is 17.8 Å². The largest absolute Gasteiger partial charge is 0.341 e. The molecule has 0 N–H and O–H groups in total. The summed E-state index contributed by atoms with van der Waals surface area (Å²) in [6.45, 7) is 2.66. The van der Waals surface area contributed by atoms with E-state index in [-0.39, 0.29) is 5.91 Å². The monoisotopic (exact) mass is 442 g/mol. The number of hydrogen-bond donors (Lipinski definition) is 0. The van der Waals surface area contributed by atoms with Crippen LogP contribution < -0.4 is 0 Å². The van der Waals surface area contributed by atoms with E-state index in [1.807, 2.05) is 72.3 Å². The van der Waals surface area contributed by atoms with Crippen LogP contribution in [-0.4, -0.2) is 38.4 Å². The molecular formula is C26H26N4OS. The van der Waals surface area contributed by atoms with Crippen LogP contribution in [0.25, 0.3) is 5.69 Å². The van der Waals surface area contributed by atoms with Crippen molar-refractivity contribution in [2.75, 3.05) is 12.8 Å². The molecule has 162 valence electrons.